The Kier molecular flexibility index (Phi) is 19.5. The van der Waals surface area contributed by atoms with E-state index in [9.17, 15) is 0 Å². The molecule has 1 aromatic rings. The van der Waals surface area contributed by atoms with E-state index >= 15 is 0 Å². The summed E-state index contributed by atoms with van der Waals surface area (Å²) in [6.45, 7) is 5.80. The zero-order chi connectivity index (χ0) is 21.5. The van der Waals surface area contributed by atoms with Crippen LogP contribution in [0, 0.1) is 0 Å². The molecule has 0 radical (unpaired) electrons. The van der Waals surface area contributed by atoms with Crippen LogP contribution in [0.4, 0.5) is 0 Å². The Bertz CT molecular complexity index is 451. The van der Waals surface area contributed by atoms with E-state index in [1.165, 1.54) is 154 Å². The van der Waals surface area contributed by atoms with Crippen molar-refractivity contribution in [3.8, 4) is 0 Å². The van der Waals surface area contributed by atoms with E-state index in [1.807, 2.05) is 0 Å². The molecule has 0 fully saturated rings. The molecule has 1 N–H and O–H groups in total. The minimum absolute atomic E-state index is 1.20. The summed E-state index contributed by atoms with van der Waals surface area (Å²) >= 11 is 0. The number of imidazole rings is 1. The average Bonchev–Trinajstić information content (AvgIpc) is 3.20. The van der Waals surface area contributed by atoms with Crippen molar-refractivity contribution in [3.63, 3.8) is 0 Å². The number of aromatic nitrogens is 2. The second kappa shape index (κ2) is 21.4. The Morgan fingerprint density at radius 2 is 0.933 bits per heavy atom. The third-order valence-electron chi connectivity index (χ3n) is 6.62. The summed E-state index contributed by atoms with van der Waals surface area (Å²) in [6, 6.07) is 0. The molecule has 30 heavy (non-hydrogen) atoms. The molecule has 2 heteroatoms. The second-order valence-electron chi connectivity index (χ2n) is 9.57. The van der Waals surface area contributed by atoms with Crippen LogP contribution in [0.2, 0.25) is 0 Å². The Morgan fingerprint density at radius 1 is 0.533 bits per heavy atom. The predicted molar refractivity (Wildman–Crippen MR) is 133 cm³/mol. The number of aryl methyl sites for hydroxylation is 2. The van der Waals surface area contributed by atoms with Gasteiger partial charge in [0.15, 0.2) is 0 Å². The van der Waals surface area contributed by atoms with Crippen LogP contribution in [0.5, 0.6) is 0 Å². The lowest BCUT2D eigenvalue weighted by atomic mass is 10.1. The van der Waals surface area contributed by atoms with Gasteiger partial charge in [-0.05, 0) is 19.3 Å². The van der Waals surface area contributed by atoms with Gasteiger partial charge in [-0.1, -0.05) is 129 Å². The molecule has 0 bridgehead atoms. The molecule has 1 aromatic heterocycles. The zero-order valence-electron chi connectivity index (χ0n) is 20.9. The van der Waals surface area contributed by atoms with Crippen LogP contribution >= 0.6 is 0 Å². The number of unbranched alkanes of at least 4 members (excludes halogenated alkanes) is 19. The standard InChI is InChI=1S/C28H54N2/c1-3-5-7-9-11-13-15-17-19-21-23-26-30-27-25-29-28(30)24-22-20-18-16-14-12-10-8-6-4-2/h25,27H,3-24,26H2,1-2H3/p+1. The zero-order valence-corrected chi connectivity index (χ0v) is 20.9. The van der Waals surface area contributed by atoms with Crippen LogP contribution < -0.4 is 4.57 Å². The van der Waals surface area contributed by atoms with E-state index in [4.69, 9.17) is 0 Å². The van der Waals surface area contributed by atoms with Crippen molar-refractivity contribution in [3.05, 3.63) is 18.2 Å². The van der Waals surface area contributed by atoms with Crippen molar-refractivity contribution >= 4 is 0 Å². The highest BCUT2D eigenvalue weighted by Gasteiger charge is 2.09. The van der Waals surface area contributed by atoms with Crippen LogP contribution in [0.1, 0.15) is 155 Å². The van der Waals surface area contributed by atoms with Gasteiger partial charge < -0.3 is 0 Å². The SMILES string of the molecule is CCCCCCCCCCCCC[n+]1cc[nH]c1CCCCCCCCCCCC. The quantitative estimate of drug-likeness (QED) is 0.135. The molecular weight excluding hydrogens is 364 g/mol. The van der Waals surface area contributed by atoms with Crippen LogP contribution in [-0.2, 0) is 13.0 Å². The van der Waals surface area contributed by atoms with Gasteiger partial charge >= 0.3 is 0 Å². The van der Waals surface area contributed by atoms with E-state index in [0.29, 0.717) is 0 Å². The smallest absolute Gasteiger partial charge is 0.248 e. The van der Waals surface area contributed by atoms with Crippen molar-refractivity contribution in [2.24, 2.45) is 0 Å². The van der Waals surface area contributed by atoms with E-state index < -0.39 is 0 Å². The maximum Gasteiger partial charge on any atom is 0.254 e. The van der Waals surface area contributed by atoms with Crippen molar-refractivity contribution in [1.29, 1.82) is 0 Å². The molecule has 176 valence electrons. The molecule has 0 unspecified atom stereocenters. The third kappa shape index (κ3) is 16.0. The average molecular weight is 420 g/mol. The fourth-order valence-corrected chi connectivity index (χ4v) is 4.55. The Hall–Kier alpha value is -0.790. The van der Waals surface area contributed by atoms with Gasteiger partial charge in [-0.15, -0.1) is 0 Å². The number of aromatic amines is 1. The molecule has 0 aromatic carbocycles. The molecule has 1 heterocycles. The minimum Gasteiger partial charge on any atom is -0.248 e. The summed E-state index contributed by atoms with van der Waals surface area (Å²) in [5.41, 5.74) is 0. The van der Waals surface area contributed by atoms with Crippen molar-refractivity contribution in [1.82, 2.24) is 4.98 Å². The molecular formula is C28H55N2+. The molecule has 2 nitrogen and oxygen atoms in total. The van der Waals surface area contributed by atoms with Gasteiger partial charge in [0.1, 0.15) is 12.4 Å². The first-order chi connectivity index (χ1) is 14.9. The predicted octanol–water partition coefficient (Wildman–Crippen LogP) is 9.08. The number of hydrogen-bond acceptors (Lipinski definition) is 0. The van der Waals surface area contributed by atoms with Crippen LogP contribution in [0.25, 0.3) is 0 Å². The maximum absolute atomic E-state index is 3.49. The summed E-state index contributed by atoms with van der Waals surface area (Å²) in [6.07, 6.45) is 35.5. The lowest BCUT2D eigenvalue weighted by molar-refractivity contribution is -0.703. The molecule has 0 aliphatic carbocycles. The first-order valence-electron chi connectivity index (χ1n) is 13.9. The highest BCUT2D eigenvalue weighted by molar-refractivity contribution is 4.77. The molecule has 0 spiro atoms. The summed E-state index contributed by atoms with van der Waals surface area (Å²) < 4.78 is 2.47. The fraction of sp³-hybridized carbons (Fsp3) is 0.893. The monoisotopic (exact) mass is 419 g/mol. The van der Waals surface area contributed by atoms with Crippen molar-refractivity contribution in [2.45, 2.75) is 162 Å². The first-order valence-corrected chi connectivity index (χ1v) is 13.9. The third-order valence-corrected chi connectivity index (χ3v) is 6.62. The van der Waals surface area contributed by atoms with E-state index in [-0.39, 0.29) is 0 Å². The maximum atomic E-state index is 3.49. The molecule has 0 aliphatic rings. The highest BCUT2D eigenvalue weighted by Crippen LogP contribution is 2.12. The van der Waals surface area contributed by atoms with Crippen molar-refractivity contribution in [2.75, 3.05) is 0 Å². The van der Waals surface area contributed by atoms with Gasteiger partial charge in [0.2, 0.25) is 0 Å². The van der Waals surface area contributed by atoms with Gasteiger partial charge in [0.25, 0.3) is 5.82 Å². The molecule has 1 rings (SSSR count). The van der Waals surface area contributed by atoms with Gasteiger partial charge in [0.05, 0.1) is 6.54 Å². The molecule has 0 aliphatic heterocycles. The van der Waals surface area contributed by atoms with Gasteiger partial charge in [-0.2, -0.15) is 0 Å². The van der Waals surface area contributed by atoms with Crippen LogP contribution in [0.15, 0.2) is 12.4 Å². The largest absolute Gasteiger partial charge is 0.254 e. The lowest BCUT2D eigenvalue weighted by Gasteiger charge is -2.04. The summed E-state index contributed by atoms with van der Waals surface area (Å²) in [7, 11) is 0. The molecule has 0 amide bonds. The molecule has 0 saturated heterocycles. The number of rotatable bonds is 23. The Morgan fingerprint density at radius 3 is 1.40 bits per heavy atom. The Balaban J connectivity index is 1.92. The minimum atomic E-state index is 1.20. The summed E-state index contributed by atoms with van der Waals surface area (Å²) in [4.78, 5) is 3.49. The van der Waals surface area contributed by atoms with E-state index in [1.54, 1.807) is 0 Å². The summed E-state index contributed by atoms with van der Waals surface area (Å²) in [5, 5.41) is 0. The molecule has 0 atom stereocenters. The van der Waals surface area contributed by atoms with E-state index in [0.717, 1.165) is 0 Å². The van der Waals surface area contributed by atoms with Gasteiger partial charge in [-0.25, -0.2) is 9.55 Å². The number of H-pyrrole nitrogens is 1. The number of hydrogen-bond donors (Lipinski definition) is 1. The normalized spacial score (nSPS) is 11.4. The van der Waals surface area contributed by atoms with Crippen LogP contribution in [0.3, 0.4) is 0 Å². The van der Waals surface area contributed by atoms with Crippen LogP contribution in [-0.4, -0.2) is 4.98 Å². The van der Waals surface area contributed by atoms with Crippen molar-refractivity contribution < 1.29 is 4.57 Å². The fourth-order valence-electron chi connectivity index (χ4n) is 4.55. The van der Waals surface area contributed by atoms with Gasteiger partial charge in [-0.3, -0.25) is 0 Å². The summed E-state index contributed by atoms with van der Waals surface area (Å²) in [5.74, 6) is 1.45. The lowest BCUT2D eigenvalue weighted by Crippen LogP contribution is -2.36. The first kappa shape index (κ1) is 27.2. The second-order valence-corrected chi connectivity index (χ2v) is 9.57. The highest BCUT2D eigenvalue weighted by atomic mass is 15.1. The number of nitrogens with zero attached hydrogens (tertiary/aromatic N) is 1. The molecule has 0 saturated carbocycles. The topological polar surface area (TPSA) is 19.7 Å². The van der Waals surface area contributed by atoms with E-state index in [2.05, 4.69) is 35.8 Å². The Labute approximate surface area is 189 Å². The number of nitrogens with one attached hydrogen (secondary N) is 1. The van der Waals surface area contributed by atoms with Gasteiger partial charge in [0, 0.05) is 6.42 Å².